The summed E-state index contributed by atoms with van der Waals surface area (Å²) in [5.41, 5.74) is 0.568. The van der Waals surface area contributed by atoms with Gasteiger partial charge in [0, 0.05) is 11.8 Å². The molecule has 0 aromatic rings. The highest BCUT2D eigenvalue weighted by Gasteiger charge is 2.62. The van der Waals surface area contributed by atoms with Crippen LogP contribution in [0.1, 0.15) is 46.0 Å². The zero-order chi connectivity index (χ0) is 15.7. The minimum atomic E-state index is -0.545. The molecule has 118 valence electrons. The van der Waals surface area contributed by atoms with E-state index in [0.29, 0.717) is 30.6 Å². The highest BCUT2D eigenvalue weighted by Crippen LogP contribution is 2.63. The average Bonchev–Trinajstić information content (AvgIpc) is 2.79. The van der Waals surface area contributed by atoms with Crippen LogP contribution in [0.15, 0.2) is 23.8 Å². The maximum atomic E-state index is 12.4. The van der Waals surface area contributed by atoms with Crippen LogP contribution in [0.2, 0.25) is 0 Å². The fourth-order valence-electron chi connectivity index (χ4n) is 5.95. The van der Waals surface area contributed by atoms with Crippen molar-refractivity contribution in [2.24, 2.45) is 28.6 Å². The number of ketones is 2. The van der Waals surface area contributed by atoms with E-state index < -0.39 is 11.5 Å². The van der Waals surface area contributed by atoms with Gasteiger partial charge in [-0.3, -0.25) is 9.59 Å². The lowest BCUT2D eigenvalue weighted by Crippen LogP contribution is -2.56. The van der Waals surface area contributed by atoms with Crippen molar-refractivity contribution in [3.8, 4) is 0 Å². The Morgan fingerprint density at radius 1 is 1.14 bits per heavy atom. The van der Waals surface area contributed by atoms with Crippen LogP contribution < -0.4 is 0 Å². The summed E-state index contributed by atoms with van der Waals surface area (Å²) in [6, 6.07) is 0. The minimum absolute atomic E-state index is 0.0863. The second-order valence-electron chi connectivity index (χ2n) is 8.10. The standard InChI is InChI=1S/C19H24O3/c1-18-8-7-12(20)9-11(18)3-4-13-14-5-6-16(21)19(14,2)17(22)10-15(13)18/h7-9,13-15,17,22H,3-6,10H2,1-2H3/t13-,14-,15-,17+,18-,19-/m0/s1. The van der Waals surface area contributed by atoms with Crippen molar-refractivity contribution in [2.45, 2.75) is 52.1 Å². The van der Waals surface area contributed by atoms with E-state index >= 15 is 0 Å². The number of hydrogen-bond acceptors (Lipinski definition) is 3. The van der Waals surface area contributed by atoms with E-state index in [9.17, 15) is 14.7 Å². The first-order valence-electron chi connectivity index (χ1n) is 8.53. The Kier molecular flexibility index (Phi) is 2.88. The number of aliphatic hydroxyl groups excluding tert-OH is 1. The Balaban J connectivity index is 1.76. The summed E-state index contributed by atoms with van der Waals surface area (Å²) < 4.78 is 0. The summed E-state index contributed by atoms with van der Waals surface area (Å²) in [4.78, 5) is 24.1. The van der Waals surface area contributed by atoms with Crippen LogP contribution >= 0.6 is 0 Å². The molecule has 3 saturated carbocycles. The number of Topliss-reactive ketones (excluding diaryl/α,β-unsaturated/α-hetero) is 1. The fraction of sp³-hybridized carbons (Fsp3) is 0.684. The average molecular weight is 300 g/mol. The van der Waals surface area contributed by atoms with Crippen LogP contribution in [0.25, 0.3) is 0 Å². The lowest BCUT2D eigenvalue weighted by atomic mass is 9.48. The van der Waals surface area contributed by atoms with Gasteiger partial charge in [-0.1, -0.05) is 18.6 Å². The number of carbonyl (C=O) groups excluding carboxylic acids is 2. The molecule has 0 heterocycles. The molecule has 0 saturated heterocycles. The molecule has 0 aliphatic heterocycles. The minimum Gasteiger partial charge on any atom is -0.392 e. The summed E-state index contributed by atoms with van der Waals surface area (Å²) in [5.74, 6) is 1.47. The molecule has 0 amide bonds. The van der Waals surface area contributed by atoms with Gasteiger partial charge in [0.2, 0.25) is 0 Å². The van der Waals surface area contributed by atoms with Crippen LogP contribution in [0.4, 0.5) is 0 Å². The number of fused-ring (bicyclic) bond motifs is 5. The molecule has 0 unspecified atom stereocenters. The number of allylic oxidation sites excluding steroid dienone is 4. The topological polar surface area (TPSA) is 54.4 Å². The number of rotatable bonds is 0. The normalized spacial score (nSPS) is 50.2. The van der Waals surface area contributed by atoms with Crippen LogP contribution in [0.5, 0.6) is 0 Å². The van der Waals surface area contributed by atoms with Crippen molar-refractivity contribution < 1.29 is 14.7 Å². The predicted octanol–water partition coefficient (Wildman–Crippen LogP) is 2.83. The SMILES string of the molecule is C[C@@]12C(=O)CC[C@H]1[C@@H]1CCC3=CC(=O)C=C[C@]3(C)[C@H]1C[C@H]2O. The lowest BCUT2D eigenvalue weighted by Gasteiger charge is -2.57. The maximum absolute atomic E-state index is 12.4. The highest BCUT2D eigenvalue weighted by molar-refractivity contribution is 6.01. The maximum Gasteiger partial charge on any atom is 0.178 e. The zero-order valence-electron chi connectivity index (χ0n) is 13.3. The van der Waals surface area contributed by atoms with Gasteiger partial charge >= 0.3 is 0 Å². The first-order chi connectivity index (χ1) is 10.4. The van der Waals surface area contributed by atoms with Crippen molar-refractivity contribution in [1.82, 2.24) is 0 Å². The van der Waals surface area contributed by atoms with Crippen molar-refractivity contribution in [1.29, 1.82) is 0 Å². The van der Waals surface area contributed by atoms with E-state index in [0.717, 1.165) is 19.3 Å². The monoisotopic (exact) mass is 300 g/mol. The molecule has 3 fully saturated rings. The van der Waals surface area contributed by atoms with E-state index in [4.69, 9.17) is 0 Å². The molecule has 4 aliphatic rings. The lowest BCUT2D eigenvalue weighted by molar-refractivity contribution is -0.148. The third-order valence-corrected chi connectivity index (χ3v) is 7.38. The molecule has 22 heavy (non-hydrogen) atoms. The third-order valence-electron chi connectivity index (χ3n) is 7.38. The van der Waals surface area contributed by atoms with Gasteiger partial charge in [-0.15, -0.1) is 0 Å². The van der Waals surface area contributed by atoms with Crippen molar-refractivity contribution in [3.63, 3.8) is 0 Å². The first-order valence-corrected chi connectivity index (χ1v) is 8.53. The molecule has 0 radical (unpaired) electrons. The largest absolute Gasteiger partial charge is 0.392 e. The Morgan fingerprint density at radius 3 is 2.68 bits per heavy atom. The molecule has 0 spiro atoms. The van der Waals surface area contributed by atoms with Crippen LogP contribution in [-0.2, 0) is 9.59 Å². The molecule has 1 N–H and O–H groups in total. The van der Waals surface area contributed by atoms with Crippen molar-refractivity contribution in [2.75, 3.05) is 0 Å². The van der Waals surface area contributed by atoms with Gasteiger partial charge in [0.25, 0.3) is 0 Å². The quantitative estimate of drug-likeness (QED) is 0.748. The summed E-state index contributed by atoms with van der Waals surface area (Å²) in [6.07, 6.45) is 9.22. The number of aliphatic hydroxyl groups is 1. The van der Waals surface area contributed by atoms with Gasteiger partial charge in [0.15, 0.2) is 5.78 Å². The van der Waals surface area contributed by atoms with Gasteiger partial charge in [-0.25, -0.2) is 0 Å². The Bertz CT molecular complexity index is 616. The van der Waals surface area contributed by atoms with Crippen molar-refractivity contribution >= 4 is 11.6 Å². The molecule has 3 nitrogen and oxygen atoms in total. The highest BCUT2D eigenvalue weighted by atomic mass is 16.3. The van der Waals surface area contributed by atoms with Crippen molar-refractivity contribution in [3.05, 3.63) is 23.8 Å². The first kappa shape index (κ1) is 14.4. The van der Waals surface area contributed by atoms with Gasteiger partial charge in [0.05, 0.1) is 11.5 Å². The second-order valence-corrected chi connectivity index (χ2v) is 8.10. The van der Waals surface area contributed by atoms with Gasteiger partial charge in [-0.05, 0) is 62.5 Å². The van der Waals surface area contributed by atoms with E-state index in [2.05, 4.69) is 13.0 Å². The predicted molar refractivity (Wildman–Crippen MR) is 83.0 cm³/mol. The van der Waals surface area contributed by atoms with Gasteiger partial charge in [0.1, 0.15) is 5.78 Å². The summed E-state index contributed by atoms with van der Waals surface area (Å²) in [7, 11) is 0. The zero-order valence-corrected chi connectivity index (χ0v) is 13.3. The molecule has 6 atom stereocenters. The smallest absolute Gasteiger partial charge is 0.178 e. The van der Waals surface area contributed by atoms with Crippen LogP contribution in [0, 0.1) is 28.6 Å². The third kappa shape index (κ3) is 1.61. The summed E-state index contributed by atoms with van der Waals surface area (Å²) >= 11 is 0. The molecule has 3 heteroatoms. The van der Waals surface area contributed by atoms with Crippen LogP contribution in [-0.4, -0.2) is 22.8 Å². The molecule has 0 bridgehead atoms. The van der Waals surface area contributed by atoms with E-state index in [1.54, 1.807) is 12.2 Å². The Morgan fingerprint density at radius 2 is 1.91 bits per heavy atom. The Hall–Kier alpha value is -1.22. The number of hydrogen-bond donors (Lipinski definition) is 1. The van der Waals surface area contributed by atoms with Crippen LogP contribution in [0.3, 0.4) is 0 Å². The van der Waals surface area contributed by atoms with E-state index in [1.165, 1.54) is 5.57 Å². The molecule has 0 aromatic carbocycles. The van der Waals surface area contributed by atoms with E-state index in [1.807, 2.05) is 6.92 Å². The van der Waals surface area contributed by atoms with E-state index in [-0.39, 0.29) is 17.0 Å². The molecular formula is C19H24O3. The molecule has 4 rings (SSSR count). The summed E-state index contributed by atoms with van der Waals surface area (Å²) in [6.45, 7) is 4.20. The molecule has 4 aliphatic carbocycles. The summed E-state index contributed by atoms with van der Waals surface area (Å²) in [5, 5.41) is 10.8. The fourth-order valence-corrected chi connectivity index (χ4v) is 5.95. The number of carbonyl (C=O) groups is 2. The molecular weight excluding hydrogens is 276 g/mol. The molecule has 0 aromatic heterocycles. The van der Waals surface area contributed by atoms with Gasteiger partial charge in [-0.2, -0.15) is 0 Å². The Labute approximate surface area is 131 Å². The van der Waals surface area contributed by atoms with Gasteiger partial charge < -0.3 is 5.11 Å². The second kappa shape index (κ2) is 4.41.